The summed E-state index contributed by atoms with van der Waals surface area (Å²) in [5.74, 6) is 0.338. The molecule has 0 bridgehead atoms. The Morgan fingerprint density at radius 1 is 1.27 bits per heavy atom. The van der Waals surface area contributed by atoms with Crippen molar-refractivity contribution >= 4 is 34.1 Å². The van der Waals surface area contributed by atoms with Gasteiger partial charge in [0.1, 0.15) is 0 Å². The first-order chi connectivity index (χ1) is 10.4. The Hall–Kier alpha value is -1.61. The Morgan fingerprint density at radius 2 is 1.95 bits per heavy atom. The smallest absolute Gasteiger partial charge is 0.301 e. The van der Waals surface area contributed by atoms with Gasteiger partial charge in [-0.2, -0.15) is 13.2 Å². The van der Waals surface area contributed by atoms with Gasteiger partial charge < -0.3 is 5.32 Å². The monoisotopic (exact) mass is 347 g/mol. The molecule has 0 aliphatic heterocycles. The molecule has 2 aromatic rings. The van der Waals surface area contributed by atoms with E-state index in [1.165, 1.54) is 35.2 Å². The number of benzene rings is 1. The van der Waals surface area contributed by atoms with Gasteiger partial charge in [-0.05, 0) is 17.7 Å². The summed E-state index contributed by atoms with van der Waals surface area (Å²) < 4.78 is 38.0. The van der Waals surface area contributed by atoms with Crippen molar-refractivity contribution in [2.75, 3.05) is 5.32 Å². The van der Waals surface area contributed by atoms with Crippen LogP contribution in [0.4, 0.5) is 18.3 Å². The first kappa shape index (κ1) is 16.8. The number of alkyl halides is 3. The van der Waals surface area contributed by atoms with Crippen molar-refractivity contribution < 1.29 is 18.0 Å². The van der Waals surface area contributed by atoms with Crippen LogP contribution in [0.2, 0.25) is 0 Å². The van der Waals surface area contributed by atoms with Crippen molar-refractivity contribution in [2.24, 2.45) is 0 Å². The molecule has 0 saturated heterocycles. The van der Waals surface area contributed by atoms with E-state index in [2.05, 4.69) is 15.5 Å². The van der Waals surface area contributed by atoms with E-state index in [9.17, 15) is 18.0 Å². The van der Waals surface area contributed by atoms with Crippen LogP contribution in [0.5, 0.6) is 0 Å². The number of anilines is 1. The number of nitrogens with zero attached hydrogens (tertiary/aromatic N) is 2. The van der Waals surface area contributed by atoms with Gasteiger partial charge in [0.2, 0.25) is 11.0 Å². The Kier molecular flexibility index (Phi) is 5.41. The number of thioether (sulfide) groups is 1. The van der Waals surface area contributed by atoms with Crippen molar-refractivity contribution in [3.05, 3.63) is 35.4 Å². The lowest BCUT2D eigenvalue weighted by molar-refractivity contribution is -0.137. The van der Waals surface area contributed by atoms with E-state index in [1.54, 1.807) is 6.92 Å². The summed E-state index contributed by atoms with van der Waals surface area (Å²) >= 11 is 2.59. The first-order valence-electron chi connectivity index (χ1n) is 6.30. The van der Waals surface area contributed by atoms with E-state index in [1.807, 2.05) is 0 Å². The van der Waals surface area contributed by atoms with Crippen LogP contribution < -0.4 is 5.32 Å². The van der Waals surface area contributed by atoms with E-state index in [0.717, 1.165) is 17.7 Å². The molecule has 0 saturated carbocycles. The standard InChI is InChI=1S/C13H12F3N3OS2/c1-2-10(20)17-11-18-19-12(22-11)21-7-8-3-5-9(6-4-8)13(14,15)16/h3-6H,2,7H2,1H3,(H,17,18,20). The average molecular weight is 347 g/mol. The van der Waals surface area contributed by atoms with Crippen molar-refractivity contribution in [3.8, 4) is 0 Å². The van der Waals surface area contributed by atoms with Gasteiger partial charge in [0.15, 0.2) is 4.34 Å². The lowest BCUT2D eigenvalue weighted by Crippen LogP contribution is -2.08. The van der Waals surface area contributed by atoms with Crippen LogP contribution in [0.25, 0.3) is 0 Å². The van der Waals surface area contributed by atoms with Crippen molar-refractivity contribution in [3.63, 3.8) is 0 Å². The summed E-state index contributed by atoms with van der Waals surface area (Å²) in [7, 11) is 0. The molecule has 1 N–H and O–H groups in total. The number of hydrogen-bond donors (Lipinski definition) is 1. The highest BCUT2D eigenvalue weighted by Crippen LogP contribution is 2.31. The minimum Gasteiger partial charge on any atom is -0.301 e. The molecule has 1 aromatic carbocycles. The SMILES string of the molecule is CCC(=O)Nc1nnc(SCc2ccc(C(F)(F)F)cc2)s1. The largest absolute Gasteiger partial charge is 0.416 e. The summed E-state index contributed by atoms with van der Waals surface area (Å²) in [5, 5.41) is 10.8. The fraction of sp³-hybridized carbons (Fsp3) is 0.308. The molecule has 22 heavy (non-hydrogen) atoms. The Balaban J connectivity index is 1.91. The minimum absolute atomic E-state index is 0.143. The molecule has 0 aliphatic carbocycles. The van der Waals surface area contributed by atoms with Gasteiger partial charge in [0.25, 0.3) is 0 Å². The first-order valence-corrected chi connectivity index (χ1v) is 8.11. The second kappa shape index (κ2) is 7.10. The van der Waals surface area contributed by atoms with E-state index in [4.69, 9.17) is 0 Å². The number of carbonyl (C=O) groups excluding carboxylic acids is 1. The number of amides is 1. The average Bonchev–Trinajstić information content (AvgIpc) is 2.92. The van der Waals surface area contributed by atoms with E-state index < -0.39 is 11.7 Å². The van der Waals surface area contributed by atoms with Crippen LogP contribution in [0.3, 0.4) is 0 Å². The Morgan fingerprint density at radius 3 is 2.55 bits per heavy atom. The third-order valence-electron chi connectivity index (χ3n) is 2.62. The Bertz CT molecular complexity index is 641. The van der Waals surface area contributed by atoms with Crippen LogP contribution in [0.15, 0.2) is 28.6 Å². The topological polar surface area (TPSA) is 54.9 Å². The number of hydrogen-bond acceptors (Lipinski definition) is 5. The molecule has 0 unspecified atom stereocenters. The van der Waals surface area contributed by atoms with Crippen molar-refractivity contribution in [2.45, 2.75) is 29.6 Å². The van der Waals surface area contributed by atoms with Gasteiger partial charge in [-0.1, -0.05) is 42.2 Å². The third-order valence-corrected chi connectivity index (χ3v) is 4.66. The predicted molar refractivity (Wildman–Crippen MR) is 79.8 cm³/mol. The normalized spacial score (nSPS) is 11.5. The zero-order chi connectivity index (χ0) is 16.2. The minimum atomic E-state index is -4.32. The Labute approximate surface area is 133 Å². The molecule has 0 spiro atoms. The number of halogens is 3. The molecule has 0 atom stereocenters. The van der Waals surface area contributed by atoms with E-state index >= 15 is 0 Å². The summed E-state index contributed by atoms with van der Waals surface area (Å²) in [6, 6.07) is 5.00. The zero-order valence-corrected chi connectivity index (χ0v) is 13.1. The van der Waals surface area contributed by atoms with E-state index in [-0.39, 0.29) is 5.91 Å². The number of nitrogens with one attached hydrogen (secondary N) is 1. The molecular formula is C13H12F3N3OS2. The van der Waals surface area contributed by atoms with Crippen LogP contribution in [0.1, 0.15) is 24.5 Å². The lowest BCUT2D eigenvalue weighted by Gasteiger charge is -2.06. The molecule has 1 aromatic heterocycles. The quantitative estimate of drug-likeness (QED) is 0.651. The van der Waals surface area contributed by atoms with Crippen LogP contribution in [-0.4, -0.2) is 16.1 Å². The number of rotatable bonds is 5. The van der Waals surface area contributed by atoms with Gasteiger partial charge in [-0.15, -0.1) is 10.2 Å². The molecule has 1 amide bonds. The summed E-state index contributed by atoms with van der Waals surface area (Å²) in [6.45, 7) is 1.73. The van der Waals surface area contributed by atoms with Gasteiger partial charge in [0.05, 0.1) is 5.56 Å². The summed E-state index contributed by atoms with van der Waals surface area (Å²) in [6.07, 6.45) is -3.97. The highest BCUT2D eigenvalue weighted by Gasteiger charge is 2.29. The molecule has 4 nitrogen and oxygen atoms in total. The van der Waals surface area contributed by atoms with Crippen LogP contribution in [0, 0.1) is 0 Å². The second-order valence-corrected chi connectivity index (χ2v) is 6.46. The number of aromatic nitrogens is 2. The fourth-order valence-electron chi connectivity index (χ4n) is 1.46. The lowest BCUT2D eigenvalue weighted by atomic mass is 10.1. The highest BCUT2D eigenvalue weighted by molar-refractivity contribution is 8.00. The van der Waals surface area contributed by atoms with Crippen LogP contribution >= 0.6 is 23.1 Å². The highest BCUT2D eigenvalue weighted by atomic mass is 32.2. The second-order valence-electron chi connectivity index (χ2n) is 4.26. The molecule has 118 valence electrons. The van der Waals surface area contributed by atoms with Gasteiger partial charge in [-0.3, -0.25) is 4.79 Å². The molecule has 0 fully saturated rings. The van der Waals surface area contributed by atoms with Crippen molar-refractivity contribution in [1.82, 2.24) is 10.2 Å². The summed E-state index contributed by atoms with van der Waals surface area (Å²) in [4.78, 5) is 11.2. The van der Waals surface area contributed by atoms with Crippen LogP contribution in [-0.2, 0) is 16.7 Å². The van der Waals surface area contributed by atoms with E-state index in [0.29, 0.717) is 21.6 Å². The zero-order valence-electron chi connectivity index (χ0n) is 11.5. The van der Waals surface area contributed by atoms with Gasteiger partial charge >= 0.3 is 6.18 Å². The molecule has 0 radical (unpaired) electrons. The molecule has 1 heterocycles. The third kappa shape index (κ3) is 4.70. The number of carbonyl (C=O) groups is 1. The fourth-order valence-corrected chi connectivity index (χ4v) is 3.19. The maximum absolute atomic E-state index is 12.5. The maximum Gasteiger partial charge on any atom is 0.416 e. The summed E-state index contributed by atoms with van der Waals surface area (Å²) in [5.41, 5.74) is 0.0917. The molecule has 2 rings (SSSR count). The predicted octanol–water partition coefficient (Wildman–Crippen LogP) is 4.20. The molecular weight excluding hydrogens is 335 g/mol. The van der Waals surface area contributed by atoms with Crippen molar-refractivity contribution in [1.29, 1.82) is 0 Å². The van der Waals surface area contributed by atoms with Gasteiger partial charge in [-0.25, -0.2) is 0 Å². The maximum atomic E-state index is 12.5. The molecule has 9 heteroatoms. The van der Waals surface area contributed by atoms with Gasteiger partial charge in [0, 0.05) is 12.2 Å². The molecule has 0 aliphatic rings.